The van der Waals surface area contributed by atoms with Crippen molar-refractivity contribution in [3.63, 3.8) is 0 Å². The first-order chi connectivity index (χ1) is 9.24. The molecule has 0 N–H and O–H groups in total. The van der Waals surface area contributed by atoms with Crippen molar-refractivity contribution in [2.75, 3.05) is 26.7 Å². The van der Waals surface area contributed by atoms with Crippen LogP contribution in [-0.4, -0.2) is 37.8 Å². The smallest absolute Gasteiger partial charge is 0.434 e. The van der Waals surface area contributed by atoms with Crippen LogP contribution in [0.3, 0.4) is 0 Å². The molecule has 0 radical (unpaired) electrons. The van der Waals surface area contributed by atoms with Crippen LogP contribution in [0.1, 0.15) is 18.4 Å². The van der Waals surface area contributed by atoms with Crippen molar-refractivity contribution in [1.29, 1.82) is 0 Å². The molecule has 1 heterocycles. The molecule has 2 rings (SSSR count). The van der Waals surface area contributed by atoms with Gasteiger partial charge >= 0.3 is 6.16 Å². The molecule has 0 atom stereocenters. The Morgan fingerprint density at radius 2 is 1.89 bits per heavy atom. The monoisotopic (exact) mass is 263 g/mol. The van der Waals surface area contributed by atoms with Crippen LogP contribution >= 0.6 is 0 Å². The number of rotatable bonds is 4. The van der Waals surface area contributed by atoms with E-state index in [9.17, 15) is 4.79 Å². The zero-order valence-corrected chi connectivity index (χ0v) is 11.4. The highest BCUT2D eigenvalue weighted by molar-refractivity contribution is 5.59. The van der Waals surface area contributed by atoms with E-state index in [1.165, 1.54) is 0 Å². The third-order valence-electron chi connectivity index (χ3n) is 3.47. The van der Waals surface area contributed by atoms with Crippen LogP contribution in [0.25, 0.3) is 0 Å². The average molecular weight is 263 g/mol. The van der Waals surface area contributed by atoms with Gasteiger partial charge in [-0.3, -0.25) is 0 Å². The maximum Gasteiger partial charge on any atom is 0.508 e. The number of ether oxygens (including phenoxy) is 2. The predicted molar refractivity (Wildman–Crippen MR) is 72.8 cm³/mol. The van der Waals surface area contributed by atoms with E-state index >= 15 is 0 Å². The highest BCUT2D eigenvalue weighted by Gasteiger charge is 2.18. The Balaban J connectivity index is 1.62. The molecule has 0 unspecified atom stereocenters. The van der Waals surface area contributed by atoms with Gasteiger partial charge in [-0.25, -0.2) is 4.79 Å². The Bertz CT molecular complexity index is 386. The summed E-state index contributed by atoms with van der Waals surface area (Å²) in [5.41, 5.74) is 0.971. The minimum absolute atomic E-state index is 0.271. The molecule has 0 saturated carbocycles. The third-order valence-corrected chi connectivity index (χ3v) is 3.47. The summed E-state index contributed by atoms with van der Waals surface area (Å²) in [7, 11) is 2.12. The Kier molecular flexibility index (Phi) is 5.21. The van der Waals surface area contributed by atoms with E-state index in [2.05, 4.69) is 11.9 Å². The van der Waals surface area contributed by atoms with Crippen LogP contribution in [0.5, 0.6) is 0 Å². The molecule has 0 spiro atoms. The average Bonchev–Trinajstić information content (AvgIpc) is 2.45. The quantitative estimate of drug-likeness (QED) is 0.783. The highest BCUT2D eigenvalue weighted by Crippen LogP contribution is 2.16. The highest BCUT2D eigenvalue weighted by atomic mass is 16.7. The molecule has 4 nitrogen and oxygen atoms in total. The van der Waals surface area contributed by atoms with Gasteiger partial charge in [-0.05, 0) is 44.5 Å². The standard InChI is InChI=1S/C15H21NO3/c1-16-9-7-14(8-10-16)12-19-15(17)18-11-13-5-3-2-4-6-13/h2-6,14H,7-12H2,1H3. The lowest BCUT2D eigenvalue weighted by atomic mass is 9.98. The number of piperidine rings is 1. The number of carbonyl (C=O) groups is 1. The fourth-order valence-corrected chi connectivity index (χ4v) is 2.17. The molecule has 0 aliphatic carbocycles. The topological polar surface area (TPSA) is 38.8 Å². The van der Waals surface area contributed by atoms with Crippen molar-refractivity contribution in [2.45, 2.75) is 19.4 Å². The lowest BCUT2D eigenvalue weighted by Gasteiger charge is -2.28. The maximum atomic E-state index is 11.5. The number of benzene rings is 1. The van der Waals surface area contributed by atoms with Crippen molar-refractivity contribution in [3.8, 4) is 0 Å². The molecule has 0 amide bonds. The summed E-state index contributed by atoms with van der Waals surface area (Å²) in [4.78, 5) is 13.8. The summed E-state index contributed by atoms with van der Waals surface area (Å²) in [5.74, 6) is 0.473. The normalized spacial score (nSPS) is 17.1. The van der Waals surface area contributed by atoms with E-state index in [1.807, 2.05) is 30.3 Å². The molecule has 1 saturated heterocycles. The molecular weight excluding hydrogens is 242 g/mol. The van der Waals surface area contributed by atoms with Crippen molar-refractivity contribution in [2.24, 2.45) is 5.92 Å². The van der Waals surface area contributed by atoms with Crippen molar-refractivity contribution in [1.82, 2.24) is 4.90 Å². The number of carbonyl (C=O) groups excluding carboxylic acids is 1. The number of hydrogen-bond acceptors (Lipinski definition) is 4. The van der Waals surface area contributed by atoms with Crippen molar-refractivity contribution >= 4 is 6.16 Å². The van der Waals surface area contributed by atoms with Gasteiger partial charge in [-0.1, -0.05) is 30.3 Å². The summed E-state index contributed by atoms with van der Waals surface area (Å²) in [6, 6.07) is 9.61. The van der Waals surface area contributed by atoms with Crippen LogP contribution in [-0.2, 0) is 16.1 Å². The Morgan fingerprint density at radius 1 is 1.21 bits per heavy atom. The fraction of sp³-hybridized carbons (Fsp3) is 0.533. The van der Waals surface area contributed by atoms with E-state index in [1.54, 1.807) is 0 Å². The lowest BCUT2D eigenvalue weighted by molar-refractivity contribution is 0.0314. The summed E-state index contributed by atoms with van der Waals surface area (Å²) in [6.45, 7) is 2.90. The number of nitrogens with zero attached hydrogens (tertiary/aromatic N) is 1. The van der Waals surface area contributed by atoms with Gasteiger partial charge in [0.1, 0.15) is 6.61 Å². The van der Waals surface area contributed by atoms with Crippen LogP contribution in [0.4, 0.5) is 4.79 Å². The Morgan fingerprint density at radius 3 is 2.58 bits per heavy atom. The second-order valence-electron chi connectivity index (χ2n) is 5.08. The molecule has 0 bridgehead atoms. The summed E-state index contributed by atoms with van der Waals surface area (Å²) in [5, 5.41) is 0. The van der Waals surface area contributed by atoms with E-state index in [0.717, 1.165) is 31.5 Å². The molecule has 1 aromatic rings. The fourth-order valence-electron chi connectivity index (χ4n) is 2.17. The molecule has 0 aromatic heterocycles. The molecule has 1 aromatic carbocycles. The van der Waals surface area contributed by atoms with E-state index < -0.39 is 6.16 Å². The first-order valence-electron chi connectivity index (χ1n) is 6.76. The lowest BCUT2D eigenvalue weighted by Crippen LogP contribution is -2.32. The van der Waals surface area contributed by atoms with Gasteiger partial charge in [0, 0.05) is 0 Å². The minimum atomic E-state index is -0.567. The largest absolute Gasteiger partial charge is 0.508 e. The zero-order valence-electron chi connectivity index (χ0n) is 11.4. The maximum absolute atomic E-state index is 11.5. The van der Waals surface area contributed by atoms with Crippen LogP contribution in [0.15, 0.2) is 30.3 Å². The molecule has 19 heavy (non-hydrogen) atoms. The van der Waals surface area contributed by atoms with Gasteiger partial charge in [0.25, 0.3) is 0 Å². The molecule has 4 heteroatoms. The van der Waals surface area contributed by atoms with Crippen LogP contribution in [0, 0.1) is 5.92 Å². The van der Waals surface area contributed by atoms with E-state index in [4.69, 9.17) is 9.47 Å². The number of hydrogen-bond donors (Lipinski definition) is 0. The SMILES string of the molecule is CN1CCC(COC(=O)OCc2ccccc2)CC1. The molecule has 1 aliphatic heterocycles. The molecule has 1 aliphatic rings. The first-order valence-corrected chi connectivity index (χ1v) is 6.76. The summed E-state index contributed by atoms with van der Waals surface area (Å²) >= 11 is 0. The molecule has 104 valence electrons. The van der Waals surface area contributed by atoms with E-state index in [0.29, 0.717) is 12.5 Å². The summed E-state index contributed by atoms with van der Waals surface area (Å²) in [6.07, 6.45) is 1.60. The third kappa shape index (κ3) is 4.91. The molecular formula is C15H21NO3. The Hall–Kier alpha value is -1.55. The Labute approximate surface area is 114 Å². The van der Waals surface area contributed by atoms with Crippen LogP contribution in [0.2, 0.25) is 0 Å². The van der Waals surface area contributed by atoms with Gasteiger partial charge in [0.15, 0.2) is 0 Å². The second kappa shape index (κ2) is 7.14. The predicted octanol–water partition coefficient (Wildman–Crippen LogP) is 2.68. The number of likely N-dealkylation sites (tertiary alicyclic amines) is 1. The van der Waals surface area contributed by atoms with Gasteiger partial charge in [0.05, 0.1) is 6.61 Å². The second-order valence-corrected chi connectivity index (χ2v) is 5.08. The molecule has 1 fully saturated rings. The minimum Gasteiger partial charge on any atom is -0.434 e. The first kappa shape index (κ1) is 13.9. The van der Waals surface area contributed by atoms with Gasteiger partial charge < -0.3 is 14.4 Å². The van der Waals surface area contributed by atoms with Gasteiger partial charge in [0.2, 0.25) is 0 Å². The zero-order chi connectivity index (χ0) is 13.5. The van der Waals surface area contributed by atoms with Crippen LogP contribution < -0.4 is 0 Å². The summed E-state index contributed by atoms with van der Waals surface area (Å²) < 4.78 is 10.2. The van der Waals surface area contributed by atoms with Gasteiger partial charge in [-0.2, -0.15) is 0 Å². The van der Waals surface area contributed by atoms with E-state index in [-0.39, 0.29) is 6.61 Å². The van der Waals surface area contributed by atoms with Crippen molar-refractivity contribution < 1.29 is 14.3 Å². The van der Waals surface area contributed by atoms with Crippen molar-refractivity contribution in [3.05, 3.63) is 35.9 Å². The van der Waals surface area contributed by atoms with Gasteiger partial charge in [-0.15, -0.1) is 0 Å².